The Labute approximate surface area is 118 Å². The summed E-state index contributed by atoms with van der Waals surface area (Å²) in [5.41, 5.74) is 1.21. The number of nitrogens with one attached hydrogen (secondary N) is 2. The Balaban J connectivity index is 2.08. The largest absolute Gasteiger partial charge is 0.508 e. The molecule has 19 heavy (non-hydrogen) atoms. The maximum absolute atomic E-state index is 9.59. The average Bonchev–Trinajstić information content (AvgIpc) is 2.39. The van der Waals surface area contributed by atoms with Crippen LogP contribution in [0.2, 0.25) is 0 Å². The fraction of sp³-hybridized carbons (Fsp3) is 0.267. The highest BCUT2D eigenvalue weighted by Gasteiger charge is 2.02. The summed E-state index contributed by atoms with van der Waals surface area (Å²) in [6, 6.07) is 11.6. The molecule has 3 N–H and O–H groups in total. The Kier molecular flexibility index (Phi) is 4.58. The SMILES string of the molecule is CCNC(=S)NCCc1cccc2ccc(O)cc12. The molecule has 4 heteroatoms. The minimum atomic E-state index is 0.302. The summed E-state index contributed by atoms with van der Waals surface area (Å²) >= 11 is 5.12. The number of aromatic hydroxyl groups is 1. The maximum Gasteiger partial charge on any atom is 0.166 e. The summed E-state index contributed by atoms with van der Waals surface area (Å²) in [4.78, 5) is 0. The normalized spacial score (nSPS) is 10.4. The Morgan fingerprint density at radius 2 is 2.05 bits per heavy atom. The fourth-order valence-corrected chi connectivity index (χ4v) is 2.32. The summed E-state index contributed by atoms with van der Waals surface area (Å²) in [5.74, 6) is 0.302. The van der Waals surface area contributed by atoms with Crippen molar-refractivity contribution in [2.24, 2.45) is 0 Å². The van der Waals surface area contributed by atoms with Crippen molar-refractivity contribution < 1.29 is 5.11 Å². The second kappa shape index (κ2) is 6.38. The van der Waals surface area contributed by atoms with Crippen molar-refractivity contribution in [3.05, 3.63) is 42.0 Å². The second-order valence-electron chi connectivity index (χ2n) is 4.36. The van der Waals surface area contributed by atoms with Crippen molar-refractivity contribution in [3.8, 4) is 5.75 Å². The van der Waals surface area contributed by atoms with E-state index in [1.165, 1.54) is 5.56 Å². The highest BCUT2D eigenvalue weighted by molar-refractivity contribution is 7.80. The van der Waals surface area contributed by atoms with Gasteiger partial charge in [0.1, 0.15) is 5.75 Å². The van der Waals surface area contributed by atoms with E-state index in [4.69, 9.17) is 12.2 Å². The molecule has 0 spiro atoms. The predicted molar refractivity (Wildman–Crippen MR) is 83.6 cm³/mol. The number of phenolic OH excluding ortho intramolecular Hbond substituents is 1. The van der Waals surface area contributed by atoms with Gasteiger partial charge < -0.3 is 15.7 Å². The third-order valence-corrected chi connectivity index (χ3v) is 3.26. The van der Waals surface area contributed by atoms with Gasteiger partial charge in [0.05, 0.1) is 0 Å². The zero-order valence-corrected chi connectivity index (χ0v) is 11.8. The van der Waals surface area contributed by atoms with E-state index in [2.05, 4.69) is 22.8 Å². The van der Waals surface area contributed by atoms with Gasteiger partial charge in [0.25, 0.3) is 0 Å². The first-order chi connectivity index (χ1) is 9.20. The van der Waals surface area contributed by atoms with Crippen molar-refractivity contribution in [2.45, 2.75) is 13.3 Å². The van der Waals surface area contributed by atoms with Gasteiger partial charge in [0.15, 0.2) is 5.11 Å². The number of hydrogen-bond acceptors (Lipinski definition) is 2. The van der Waals surface area contributed by atoms with Crippen molar-refractivity contribution in [2.75, 3.05) is 13.1 Å². The monoisotopic (exact) mass is 274 g/mol. The van der Waals surface area contributed by atoms with Crippen molar-refractivity contribution in [1.29, 1.82) is 0 Å². The van der Waals surface area contributed by atoms with Crippen LogP contribution in [-0.2, 0) is 6.42 Å². The van der Waals surface area contributed by atoms with Gasteiger partial charge in [-0.15, -0.1) is 0 Å². The van der Waals surface area contributed by atoms with Crippen LogP contribution in [0.3, 0.4) is 0 Å². The van der Waals surface area contributed by atoms with E-state index in [0.29, 0.717) is 10.9 Å². The summed E-state index contributed by atoms with van der Waals surface area (Å²) in [6.07, 6.45) is 0.867. The third-order valence-electron chi connectivity index (χ3n) is 2.97. The third kappa shape index (κ3) is 3.58. The molecule has 0 aromatic heterocycles. The van der Waals surface area contributed by atoms with Crippen LogP contribution in [0.4, 0.5) is 0 Å². The van der Waals surface area contributed by atoms with Gasteiger partial charge in [0.2, 0.25) is 0 Å². The van der Waals surface area contributed by atoms with E-state index >= 15 is 0 Å². The molecular weight excluding hydrogens is 256 g/mol. The molecular formula is C15H18N2OS. The van der Waals surface area contributed by atoms with Crippen LogP contribution in [-0.4, -0.2) is 23.3 Å². The first-order valence-corrected chi connectivity index (χ1v) is 6.84. The molecule has 0 aliphatic rings. The molecule has 0 aliphatic carbocycles. The predicted octanol–water partition coefficient (Wildman–Crippen LogP) is 2.57. The van der Waals surface area contributed by atoms with Crippen LogP contribution in [0.1, 0.15) is 12.5 Å². The lowest BCUT2D eigenvalue weighted by Gasteiger charge is -2.10. The molecule has 0 unspecified atom stereocenters. The smallest absolute Gasteiger partial charge is 0.166 e. The highest BCUT2D eigenvalue weighted by atomic mass is 32.1. The minimum absolute atomic E-state index is 0.302. The first-order valence-electron chi connectivity index (χ1n) is 6.43. The average molecular weight is 274 g/mol. The van der Waals surface area contributed by atoms with E-state index < -0.39 is 0 Å². The molecule has 100 valence electrons. The Morgan fingerprint density at radius 3 is 2.84 bits per heavy atom. The molecule has 0 fully saturated rings. The molecule has 2 aromatic carbocycles. The summed E-state index contributed by atoms with van der Waals surface area (Å²) < 4.78 is 0. The van der Waals surface area contributed by atoms with Gasteiger partial charge in [-0.1, -0.05) is 24.3 Å². The number of thiocarbonyl (C=S) groups is 1. The van der Waals surface area contributed by atoms with Crippen molar-refractivity contribution in [1.82, 2.24) is 10.6 Å². The number of rotatable bonds is 4. The van der Waals surface area contributed by atoms with Gasteiger partial charge >= 0.3 is 0 Å². The quantitative estimate of drug-likeness (QED) is 0.750. The van der Waals surface area contributed by atoms with Crippen LogP contribution in [0.25, 0.3) is 10.8 Å². The lowest BCUT2D eigenvalue weighted by molar-refractivity contribution is 0.476. The molecule has 0 saturated heterocycles. The van der Waals surface area contributed by atoms with Crippen LogP contribution < -0.4 is 10.6 Å². The summed E-state index contributed by atoms with van der Waals surface area (Å²) in [6.45, 7) is 3.62. The Morgan fingerprint density at radius 1 is 1.21 bits per heavy atom. The summed E-state index contributed by atoms with van der Waals surface area (Å²) in [5, 5.41) is 18.7. The van der Waals surface area contributed by atoms with Crippen LogP contribution in [0.15, 0.2) is 36.4 Å². The molecule has 0 saturated carbocycles. The van der Waals surface area contributed by atoms with Gasteiger partial charge in [0, 0.05) is 13.1 Å². The lowest BCUT2D eigenvalue weighted by Crippen LogP contribution is -2.36. The standard InChI is InChI=1S/C15H18N2OS/c1-2-16-15(19)17-9-8-12-5-3-4-11-6-7-13(18)10-14(11)12/h3-7,10,18H,2,8-9H2,1H3,(H2,16,17,19). The van der Waals surface area contributed by atoms with Gasteiger partial charge in [-0.05, 0) is 54.0 Å². The molecule has 0 bridgehead atoms. The maximum atomic E-state index is 9.59. The molecule has 2 aromatic rings. The molecule has 0 atom stereocenters. The van der Waals surface area contributed by atoms with Gasteiger partial charge in [-0.2, -0.15) is 0 Å². The molecule has 3 nitrogen and oxygen atoms in total. The summed E-state index contributed by atoms with van der Waals surface area (Å²) in [7, 11) is 0. The number of benzene rings is 2. The minimum Gasteiger partial charge on any atom is -0.508 e. The van der Waals surface area contributed by atoms with E-state index in [1.54, 1.807) is 6.07 Å². The van der Waals surface area contributed by atoms with Crippen molar-refractivity contribution >= 4 is 28.1 Å². The molecule has 0 radical (unpaired) electrons. The van der Waals surface area contributed by atoms with E-state index in [1.807, 2.05) is 25.1 Å². The first kappa shape index (κ1) is 13.6. The number of phenols is 1. The molecule has 0 amide bonds. The van der Waals surface area contributed by atoms with Crippen LogP contribution in [0.5, 0.6) is 5.75 Å². The topological polar surface area (TPSA) is 44.3 Å². The van der Waals surface area contributed by atoms with Crippen LogP contribution in [0, 0.1) is 0 Å². The molecule has 0 heterocycles. The Bertz CT molecular complexity index is 583. The second-order valence-corrected chi connectivity index (χ2v) is 4.77. The number of fused-ring (bicyclic) bond motifs is 1. The Hall–Kier alpha value is -1.81. The lowest BCUT2D eigenvalue weighted by atomic mass is 10.0. The number of hydrogen-bond donors (Lipinski definition) is 3. The van der Waals surface area contributed by atoms with Crippen LogP contribution >= 0.6 is 12.2 Å². The highest BCUT2D eigenvalue weighted by Crippen LogP contribution is 2.23. The zero-order chi connectivity index (χ0) is 13.7. The van der Waals surface area contributed by atoms with E-state index in [0.717, 1.165) is 30.3 Å². The van der Waals surface area contributed by atoms with Crippen molar-refractivity contribution in [3.63, 3.8) is 0 Å². The fourth-order valence-electron chi connectivity index (χ4n) is 2.08. The van der Waals surface area contributed by atoms with E-state index in [9.17, 15) is 5.11 Å². The molecule has 2 rings (SSSR count). The van der Waals surface area contributed by atoms with E-state index in [-0.39, 0.29) is 0 Å². The zero-order valence-electron chi connectivity index (χ0n) is 10.9. The van der Waals surface area contributed by atoms with Gasteiger partial charge in [-0.25, -0.2) is 0 Å². The van der Waals surface area contributed by atoms with Gasteiger partial charge in [-0.3, -0.25) is 0 Å². The molecule has 0 aliphatic heterocycles.